The molecule has 8 heteroatoms. The number of carbonyl (C=O) groups is 3. The number of hydrogen-bond acceptors (Lipinski definition) is 4. The molecule has 132 valence electrons. The van der Waals surface area contributed by atoms with Crippen LogP contribution in [0.5, 0.6) is 5.75 Å². The van der Waals surface area contributed by atoms with Crippen LogP contribution in [-0.2, 0) is 14.4 Å². The van der Waals surface area contributed by atoms with Crippen LogP contribution in [0.25, 0.3) is 0 Å². The number of likely N-dealkylation sites (N-methyl/N-ethyl adjacent to an activating group) is 1. The van der Waals surface area contributed by atoms with Gasteiger partial charge >= 0.3 is 0 Å². The maximum atomic E-state index is 12.5. The van der Waals surface area contributed by atoms with Gasteiger partial charge in [0.1, 0.15) is 12.3 Å². The Kier molecular flexibility index (Phi) is 4.67. The van der Waals surface area contributed by atoms with Gasteiger partial charge in [-0.15, -0.1) is 0 Å². The SMILES string of the molecule is C=CC(=O)N(C)C1CN(C(=O)CN2C(=O)COc3ccc(Cl)cc32)C1. The summed E-state index contributed by atoms with van der Waals surface area (Å²) in [5, 5.41) is 0.461. The smallest absolute Gasteiger partial charge is 0.265 e. The number of hydrogen-bond donors (Lipinski definition) is 0. The van der Waals surface area contributed by atoms with E-state index in [1.807, 2.05) is 0 Å². The molecule has 2 heterocycles. The van der Waals surface area contributed by atoms with Gasteiger partial charge in [-0.3, -0.25) is 19.3 Å². The molecule has 0 N–H and O–H groups in total. The lowest BCUT2D eigenvalue weighted by molar-refractivity contribution is -0.142. The van der Waals surface area contributed by atoms with Crippen LogP contribution in [0.2, 0.25) is 5.02 Å². The molecule has 25 heavy (non-hydrogen) atoms. The Morgan fingerprint density at radius 1 is 1.44 bits per heavy atom. The highest BCUT2D eigenvalue weighted by atomic mass is 35.5. The standard InChI is InChI=1S/C17H18ClN3O4/c1-3-15(22)19(2)12-7-20(8-12)16(23)9-21-13-6-11(18)4-5-14(13)25-10-17(21)24/h3-6,12H,1,7-10H2,2H3. The van der Waals surface area contributed by atoms with Gasteiger partial charge < -0.3 is 14.5 Å². The van der Waals surface area contributed by atoms with Gasteiger partial charge in [0.25, 0.3) is 5.91 Å². The summed E-state index contributed by atoms with van der Waals surface area (Å²) < 4.78 is 5.36. The molecule has 2 aliphatic heterocycles. The number of anilines is 1. The van der Waals surface area contributed by atoms with Crippen LogP contribution >= 0.6 is 11.6 Å². The lowest BCUT2D eigenvalue weighted by Gasteiger charge is -2.44. The highest BCUT2D eigenvalue weighted by Gasteiger charge is 2.37. The van der Waals surface area contributed by atoms with Crippen LogP contribution in [0.1, 0.15) is 0 Å². The van der Waals surface area contributed by atoms with Crippen LogP contribution < -0.4 is 9.64 Å². The van der Waals surface area contributed by atoms with E-state index in [4.69, 9.17) is 16.3 Å². The zero-order chi connectivity index (χ0) is 18.1. The summed E-state index contributed by atoms with van der Waals surface area (Å²) in [5.74, 6) is -0.130. The van der Waals surface area contributed by atoms with E-state index < -0.39 is 0 Å². The summed E-state index contributed by atoms with van der Waals surface area (Å²) in [6, 6.07) is 4.92. The molecule has 0 aliphatic carbocycles. The third kappa shape index (κ3) is 3.32. The number of halogens is 1. The third-order valence-corrected chi connectivity index (χ3v) is 4.68. The minimum atomic E-state index is -0.292. The second kappa shape index (κ2) is 6.76. The molecule has 1 aromatic rings. The second-order valence-corrected chi connectivity index (χ2v) is 6.42. The van der Waals surface area contributed by atoms with Crippen molar-refractivity contribution in [1.82, 2.24) is 9.80 Å². The molecular weight excluding hydrogens is 346 g/mol. The number of benzene rings is 1. The van der Waals surface area contributed by atoms with Crippen molar-refractivity contribution in [2.45, 2.75) is 6.04 Å². The van der Waals surface area contributed by atoms with E-state index in [0.29, 0.717) is 29.5 Å². The highest BCUT2D eigenvalue weighted by Crippen LogP contribution is 2.34. The topological polar surface area (TPSA) is 70.2 Å². The summed E-state index contributed by atoms with van der Waals surface area (Å²) in [5.41, 5.74) is 0.494. The van der Waals surface area contributed by atoms with Gasteiger partial charge in [-0.2, -0.15) is 0 Å². The summed E-state index contributed by atoms with van der Waals surface area (Å²) in [6.45, 7) is 4.14. The molecule has 0 spiro atoms. The fourth-order valence-corrected chi connectivity index (χ4v) is 2.98. The summed E-state index contributed by atoms with van der Waals surface area (Å²) in [4.78, 5) is 40.8. The Bertz CT molecular complexity index is 745. The van der Waals surface area contributed by atoms with Gasteiger partial charge in [0.15, 0.2) is 6.61 Å². The van der Waals surface area contributed by atoms with E-state index in [2.05, 4.69) is 6.58 Å². The largest absolute Gasteiger partial charge is 0.482 e. The van der Waals surface area contributed by atoms with Crippen molar-refractivity contribution >= 4 is 35.0 Å². The average Bonchev–Trinajstić information content (AvgIpc) is 2.55. The molecule has 1 saturated heterocycles. The molecule has 0 atom stereocenters. The second-order valence-electron chi connectivity index (χ2n) is 5.99. The zero-order valence-electron chi connectivity index (χ0n) is 13.8. The van der Waals surface area contributed by atoms with Crippen LogP contribution in [0.4, 0.5) is 5.69 Å². The number of nitrogens with zero attached hydrogens (tertiary/aromatic N) is 3. The number of rotatable bonds is 4. The first-order valence-corrected chi connectivity index (χ1v) is 8.18. The fourth-order valence-electron chi connectivity index (χ4n) is 2.81. The number of ether oxygens (including phenoxy) is 1. The Morgan fingerprint density at radius 3 is 2.84 bits per heavy atom. The highest BCUT2D eigenvalue weighted by molar-refractivity contribution is 6.31. The van der Waals surface area contributed by atoms with Gasteiger partial charge in [0.05, 0.1) is 11.7 Å². The molecule has 7 nitrogen and oxygen atoms in total. The van der Waals surface area contributed by atoms with E-state index in [-0.39, 0.29) is 36.9 Å². The monoisotopic (exact) mass is 363 g/mol. The predicted octanol–water partition coefficient (Wildman–Crippen LogP) is 0.921. The van der Waals surface area contributed by atoms with Crippen molar-refractivity contribution in [2.75, 3.05) is 38.2 Å². The van der Waals surface area contributed by atoms with Crippen LogP contribution in [0.15, 0.2) is 30.9 Å². The number of carbonyl (C=O) groups excluding carboxylic acids is 3. The summed E-state index contributed by atoms with van der Waals surface area (Å²) in [6.07, 6.45) is 1.25. The molecule has 1 fully saturated rings. The Labute approximate surface area is 150 Å². The molecule has 2 aliphatic rings. The minimum Gasteiger partial charge on any atom is -0.482 e. The van der Waals surface area contributed by atoms with Gasteiger partial charge in [-0.25, -0.2) is 0 Å². The third-order valence-electron chi connectivity index (χ3n) is 4.44. The Balaban J connectivity index is 1.65. The molecule has 3 amide bonds. The van der Waals surface area contributed by atoms with Crippen LogP contribution in [0, 0.1) is 0 Å². The predicted molar refractivity (Wildman–Crippen MR) is 92.6 cm³/mol. The molecule has 0 unspecified atom stereocenters. The lowest BCUT2D eigenvalue weighted by atomic mass is 10.1. The van der Waals surface area contributed by atoms with Crippen molar-refractivity contribution < 1.29 is 19.1 Å². The first-order chi connectivity index (χ1) is 11.9. The quantitative estimate of drug-likeness (QED) is 0.746. The molecule has 3 rings (SSSR count). The first-order valence-electron chi connectivity index (χ1n) is 7.80. The number of likely N-dealkylation sites (tertiary alicyclic amines) is 1. The van der Waals surface area contributed by atoms with E-state index in [1.165, 1.54) is 11.0 Å². The van der Waals surface area contributed by atoms with Crippen molar-refractivity contribution in [2.24, 2.45) is 0 Å². The van der Waals surface area contributed by atoms with Crippen molar-refractivity contribution in [3.8, 4) is 5.75 Å². The summed E-state index contributed by atoms with van der Waals surface area (Å²) >= 11 is 5.99. The lowest BCUT2D eigenvalue weighted by Crippen LogP contribution is -2.62. The Hall–Kier alpha value is -2.54. The molecule has 1 aromatic carbocycles. The normalized spacial score (nSPS) is 16.6. The minimum absolute atomic E-state index is 0.0310. The van der Waals surface area contributed by atoms with Crippen molar-refractivity contribution in [1.29, 1.82) is 0 Å². The van der Waals surface area contributed by atoms with Gasteiger partial charge in [-0.05, 0) is 24.3 Å². The number of amides is 3. The zero-order valence-corrected chi connectivity index (χ0v) is 14.5. The summed E-state index contributed by atoms with van der Waals surface area (Å²) in [7, 11) is 1.68. The maximum absolute atomic E-state index is 12.5. The van der Waals surface area contributed by atoms with E-state index >= 15 is 0 Å². The fraction of sp³-hybridized carbons (Fsp3) is 0.353. The van der Waals surface area contributed by atoms with Crippen LogP contribution in [0.3, 0.4) is 0 Å². The molecule has 0 aromatic heterocycles. The van der Waals surface area contributed by atoms with Crippen molar-refractivity contribution in [3.05, 3.63) is 35.9 Å². The first kappa shape index (κ1) is 17.3. The molecule has 0 bridgehead atoms. The van der Waals surface area contributed by atoms with Gasteiger partial charge in [0.2, 0.25) is 11.8 Å². The Morgan fingerprint density at radius 2 is 2.16 bits per heavy atom. The van der Waals surface area contributed by atoms with Gasteiger partial charge in [0, 0.05) is 25.2 Å². The van der Waals surface area contributed by atoms with Gasteiger partial charge in [-0.1, -0.05) is 18.2 Å². The van der Waals surface area contributed by atoms with E-state index in [0.717, 1.165) is 0 Å². The average molecular weight is 364 g/mol. The molecule has 0 radical (unpaired) electrons. The molecule has 0 saturated carbocycles. The maximum Gasteiger partial charge on any atom is 0.265 e. The number of fused-ring (bicyclic) bond motifs is 1. The van der Waals surface area contributed by atoms with Crippen LogP contribution in [-0.4, -0.2) is 66.9 Å². The molecular formula is C17H18ClN3O4. The van der Waals surface area contributed by atoms with E-state index in [1.54, 1.807) is 35.0 Å². The van der Waals surface area contributed by atoms with Crippen molar-refractivity contribution in [3.63, 3.8) is 0 Å². The van der Waals surface area contributed by atoms with E-state index in [9.17, 15) is 14.4 Å².